The highest BCUT2D eigenvalue weighted by atomic mass is 19.1. The van der Waals surface area contributed by atoms with Crippen molar-refractivity contribution in [2.45, 2.75) is 38.7 Å². The fraction of sp³-hybridized carbons (Fsp3) is 0.545. The number of halogens is 1. The average molecular weight is 414 g/mol. The molecule has 0 bridgehead atoms. The van der Waals surface area contributed by atoms with Crippen LogP contribution < -0.4 is 15.1 Å². The van der Waals surface area contributed by atoms with Gasteiger partial charge >= 0.3 is 0 Å². The largest absolute Gasteiger partial charge is 0.428 e. The number of amides is 1. The number of hydrogen-bond acceptors (Lipinski definition) is 6. The molecule has 160 valence electrons. The maximum Gasteiger partial charge on any atom is 0.298 e. The van der Waals surface area contributed by atoms with Crippen molar-refractivity contribution >= 4 is 23.3 Å². The highest BCUT2D eigenvalue weighted by Crippen LogP contribution is 2.32. The van der Waals surface area contributed by atoms with Crippen LogP contribution in [-0.2, 0) is 4.74 Å². The summed E-state index contributed by atoms with van der Waals surface area (Å²) >= 11 is 0. The minimum absolute atomic E-state index is 0.218. The minimum atomic E-state index is -0.400. The Labute approximate surface area is 175 Å². The predicted molar refractivity (Wildman–Crippen MR) is 112 cm³/mol. The number of aryl methyl sites for hydroxylation is 1. The Morgan fingerprint density at radius 2 is 2.03 bits per heavy atom. The Kier molecular flexibility index (Phi) is 5.10. The van der Waals surface area contributed by atoms with Gasteiger partial charge in [0, 0.05) is 44.4 Å². The molecule has 0 unspecified atom stereocenters. The summed E-state index contributed by atoms with van der Waals surface area (Å²) in [6.07, 6.45) is 4.62. The first-order chi connectivity index (χ1) is 14.6. The van der Waals surface area contributed by atoms with Gasteiger partial charge in [0.25, 0.3) is 11.9 Å². The number of carbonyl (C=O) groups is 1. The van der Waals surface area contributed by atoms with Crippen LogP contribution in [0.1, 0.15) is 41.9 Å². The molecule has 0 saturated carbocycles. The zero-order valence-electron chi connectivity index (χ0n) is 17.2. The van der Waals surface area contributed by atoms with Crippen molar-refractivity contribution in [2.75, 3.05) is 47.9 Å². The van der Waals surface area contributed by atoms with Crippen molar-refractivity contribution in [2.24, 2.45) is 5.92 Å². The summed E-state index contributed by atoms with van der Waals surface area (Å²) in [5.41, 5.74) is 1.23. The zero-order valence-corrected chi connectivity index (χ0v) is 17.2. The molecular formula is C22H27FN4O3. The Bertz CT molecular complexity index is 928. The van der Waals surface area contributed by atoms with Gasteiger partial charge in [-0.1, -0.05) is 0 Å². The fourth-order valence-electron chi connectivity index (χ4n) is 4.73. The lowest BCUT2D eigenvalue weighted by Crippen LogP contribution is -2.30. The zero-order chi connectivity index (χ0) is 20.7. The third-order valence-electron chi connectivity index (χ3n) is 6.37. The van der Waals surface area contributed by atoms with Gasteiger partial charge in [0.05, 0.1) is 11.8 Å². The highest BCUT2D eigenvalue weighted by molar-refractivity contribution is 6.03. The number of ether oxygens (including phenoxy) is 1. The molecule has 3 aliphatic heterocycles. The summed E-state index contributed by atoms with van der Waals surface area (Å²) in [4.78, 5) is 21.3. The third-order valence-corrected chi connectivity index (χ3v) is 6.37. The Morgan fingerprint density at radius 1 is 1.20 bits per heavy atom. The molecule has 3 aliphatic rings. The second-order valence-electron chi connectivity index (χ2n) is 8.43. The highest BCUT2D eigenvalue weighted by Gasteiger charge is 2.39. The molecule has 1 aromatic carbocycles. The molecule has 4 heterocycles. The van der Waals surface area contributed by atoms with Crippen molar-refractivity contribution in [3.05, 3.63) is 35.5 Å². The molecule has 2 aromatic rings. The van der Waals surface area contributed by atoms with E-state index in [1.54, 1.807) is 19.1 Å². The maximum absolute atomic E-state index is 14.6. The second kappa shape index (κ2) is 7.91. The minimum Gasteiger partial charge on any atom is -0.428 e. The van der Waals surface area contributed by atoms with Crippen LogP contribution in [0.4, 0.5) is 21.8 Å². The van der Waals surface area contributed by atoms with Gasteiger partial charge < -0.3 is 24.3 Å². The number of nitrogens with zero attached hydrogens (tertiary/aromatic N) is 3. The van der Waals surface area contributed by atoms with Gasteiger partial charge in [-0.2, -0.15) is 4.98 Å². The van der Waals surface area contributed by atoms with E-state index >= 15 is 0 Å². The van der Waals surface area contributed by atoms with Crippen molar-refractivity contribution in [1.29, 1.82) is 0 Å². The molecule has 1 aromatic heterocycles. The summed E-state index contributed by atoms with van der Waals surface area (Å²) in [5, 5.41) is 2.75. The van der Waals surface area contributed by atoms with E-state index in [-0.39, 0.29) is 17.6 Å². The smallest absolute Gasteiger partial charge is 0.298 e. The monoisotopic (exact) mass is 414 g/mol. The number of anilines is 3. The number of aromatic nitrogens is 1. The molecule has 3 saturated heterocycles. The summed E-state index contributed by atoms with van der Waals surface area (Å²) in [6, 6.07) is 5.29. The van der Waals surface area contributed by atoms with Crippen LogP contribution in [0.2, 0.25) is 0 Å². The van der Waals surface area contributed by atoms with Gasteiger partial charge in [-0.3, -0.25) is 4.79 Å². The lowest BCUT2D eigenvalue weighted by Gasteiger charge is -2.29. The van der Waals surface area contributed by atoms with Crippen LogP contribution >= 0.6 is 0 Å². The molecule has 0 spiro atoms. The molecule has 3 fully saturated rings. The summed E-state index contributed by atoms with van der Waals surface area (Å²) < 4.78 is 26.1. The first-order valence-corrected chi connectivity index (χ1v) is 10.8. The summed E-state index contributed by atoms with van der Waals surface area (Å²) in [6.45, 7) is 5.83. The van der Waals surface area contributed by atoms with Crippen molar-refractivity contribution in [3.8, 4) is 0 Å². The van der Waals surface area contributed by atoms with E-state index in [2.05, 4.69) is 15.2 Å². The van der Waals surface area contributed by atoms with E-state index in [1.165, 1.54) is 12.5 Å². The molecular weight excluding hydrogens is 387 g/mol. The number of rotatable bonds is 4. The van der Waals surface area contributed by atoms with Gasteiger partial charge in [-0.05, 0) is 50.8 Å². The number of nitrogens with one attached hydrogen (secondary N) is 1. The third kappa shape index (κ3) is 3.64. The number of oxazole rings is 1. The van der Waals surface area contributed by atoms with Crippen molar-refractivity contribution in [3.63, 3.8) is 0 Å². The quantitative estimate of drug-likeness (QED) is 0.825. The molecule has 2 atom stereocenters. The predicted octanol–water partition coefficient (Wildman–Crippen LogP) is 3.59. The van der Waals surface area contributed by atoms with E-state index in [4.69, 9.17) is 9.15 Å². The Balaban J connectivity index is 1.27. The van der Waals surface area contributed by atoms with Crippen LogP contribution in [0, 0.1) is 18.7 Å². The first-order valence-electron chi connectivity index (χ1n) is 10.8. The number of hydrogen-bond donors (Lipinski definition) is 1. The van der Waals surface area contributed by atoms with Gasteiger partial charge in [0.2, 0.25) is 0 Å². The number of carbonyl (C=O) groups excluding carboxylic acids is 1. The van der Waals surface area contributed by atoms with Crippen molar-refractivity contribution in [1.82, 2.24) is 4.98 Å². The topological polar surface area (TPSA) is 70.8 Å². The summed E-state index contributed by atoms with van der Waals surface area (Å²) in [5.74, 6) is 0.223. The SMILES string of the molecule is Cc1oc(N2C[C@H]3CCO[C@H]3C2)nc1C(=O)Nc1ccc(N2CCCCC2)c(F)c1. The van der Waals surface area contributed by atoms with E-state index in [0.29, 0.717) is 29.1 Å². The summed E-state index contributed by atoms with van der Waals surface area (Å²) in [7, 11) is 0. The van der Waals surface area contributed by atoms with Gasteiger partial charge in [-0.25, -0.2) is 4.39 Å². The number of benzene rings is 1. The van der Waals surface area contributed by atoms with Crippen LogP contribution in [0.25, 0.3) is 0 Å². The fourth-order valence-corrected chi connectivity index (χ4v) is 4.73. The molecule has 0 aliphatic carbocycles. The molecule has 7 nitrogen and oxygen atoms in total. The van der Waals surface area contributed by atoms with E-state index in [0.717, 1.165) is 52.0 Å². The molecule has 5 rings (SSSR count). The van der Waals surface area contributed by atoms with E-state index in [9.17, 15) is 9.18 Å². The van der Waals surface area contributed by atoms with E-state index < -0.39 is 5.91 Å². The van der Waals surface area contributed by atoms with Crippen LogP contribution in [-0.4, -0.2) is 49.8 Å². The van der Waals surface area contributed by atoms with Gasteiger partial charge in [0.15, 0.2) is 5.69 Å². The van der Waals surface area contributed by atoms with E-state index in [1.807, 2.05) is 4.90 Å². The molecule has 30 heavy (non-hydrogen) atoms. The second-order valence-corrected chi connectivity index (χ2v) is 8.43. The lowest BCUT2D eigenvalue weighted by molar-refractivity contribution is 0.102. The molecule has 8 heteroatoms. The van der Waals surface area contributed by atoms with Gasteiger partial charge in [0.1, 0.15) is 11.6 Å². The standard InChI is InChI=1S/C22H27FN4O3/c1-14-20(25-22(30-14)27-12-15-7-10-29-19(15)13-27)21(28)24-16-5-6-18(17(23)11-16)26-8-3-2-4-9-26/h5-6,11,15,19H,2-4,7-10,12-13H2,1H3,(H,24,28)/t15-,19+/m1/s1. The molecule has 1 amide bonds. The number of fused-ring (bicyclic) bond motifs is 1. The van der Waals surface area contributed by atoms with Crippen LogP contribution in [0.5, 0.6) is 0 Å². The molecule has 1 N–H and O–H groups in total. The Hall–Kier alpha value is -2.61. The average Bonchev–Trinajstić information content (AvgIpc) is 3.43. The molecule has 0 radical (unpaired) electrons. The first kappa shape index (κ1) is 19.4. The van der Waals surface area contributed by atoms with Crippen molar-refractivity contribution < 1.29 is 18.3 Å². The van der Waals surface area contributed by atoms with Gasteiger partial charge in [-0.15, -0.1) is 0 Å². The van der Waals surface area contributed by atoms with Crippen LogP contribution in [0.15, 0.2) is 22.6 Å². The van der Waals surface area contributed by atoms with Crippen LogP contribution in [0.3, 0.4) is 0 Å². The lowest BCUT2D eigenvalue weighted by atomic mass is 10.1. The maximum atomic E-state index is 14.6. The number of piperidine rings is 1. The Morgan fingerprint density at radius 3 is 2.80 bits per heavy atom. The normalized spacial score (nSPS) is 23.7.